The fourth-order valence-electron chi connectivity index (χ4n) is 4.01. The van der Waals surface area contributed by atoms with Gasteiger partial charge in [-0.3, -0.25) is 14.8 Å². The van der Waals surface area contributed by atoms with E-state index >= 15 is 0 Å². The summed E-state index contributed by atoms with van der Waals surface area (Å²) in [4.78, 5) is 19.0. The molecule has 2 aromatic rings. The zero-order valence-electron chi connectivity index (χ0n) is 18.6. The van der Waals surface area contributed by atoms with Crippen molar-refractivity contribution < 1.29 is 17.9 Å². The fourth-order valence-corrected chi connectivity index (χ4v) is 5.14. The summed E-state index contributed by atoms with van der Waals surface area (Å²) in [6.45, 7) is 2.18. The molecule has 3 heterocycles. The van der Waals surface area contributed by atoms with Crippen LogP contribution in [0.15, 0.2) is 54.2 Å². The highest BCUT2D eigenvalue weighted by molar-refractivity contribution is 7.92. The Kier molecular flexibility index (Phi) is 7.26. The van der Waals surface area contributed by atoms with Crippen LogP contribution >= 0.6 is 0 Å². The van der Waals surface area contributed by atoms with Crippen molar-refractivity contribution in [2.24, 2.45) is 0 Å². The molecule has 0 atom stereocenters. The Labute approximate surface area is 194 Å². The van der Waals surface area contributed by atoms with E-state index in [1.54, 1.807) is 48.8 Å². The van der Waals surface area contributed by atoms with E-state index in [0.29, 0.717) is 12.3 Å². The van der Waals surface area contributed by atoms with Gasteiger partial charge in [-0.15, -0.1) is 0 Å². The number of hydrogen-bond donors (Lipinski definition) is 1. The van der Waals surface area contributed by atoms with Crippen molar-refractivity contribution in [3.63, 3.8) is 0 Å². The van der Waals surface area contributed by atoms with Crippen LogP contribution < -0.4 is 15.1 Å². The fraction of sp³-hybridized carbons (Fsp3) is 0.391. The van der Waals surface area contributed by atoms with Crippen LogP contribution in [0.4, 0.5) is 5.69 Å². The van der Waals surface area contributed by atoms with E-state index in [-0.39, 0.29) is 25.0 Å². The summed E-state index contributed by atoms with van der Waals surface area (Å²) < 4.78 is 31.7. The lowest BCUT2D eigenvalue weighted by atomic mass is 10.1. The van der Waals surface area contributed by atoms with Gasteiger partial charge in [0, 0.05) is 49.2 Å². The van der Waals surface area contributed by atoms with Crippen LogP contribution in [0.3, 0.4) is 0 Å². The number of carbonyl (C=O) groups is 1. The van der Waals surface area contributed by atoms with Crippen molar-refractivity contribution >= 4 is 27.7 Å². The van der Waals surface area contributed by atoms with Gasteiger partial charge in [0.2, 0.25) is 10.0 Å². The summed E-state index contributed by atoms with van der Waals surface area (Å²) in [5.74, 6) is 0.464. The molecule has 1 N–H and O–H groups in total. The molecule has 1 aromatic carbocycles. The topological polar surface area (TPSA) is 95.1 Å². The second-order valence-electron chi connectivity index (χ2n) is 8.10. The highest BCUT2D eigenvalue weighted by Gasteiger charge is 2.32. The number of hydrazine groups is 1. The van der Waals surface area contributed by atoms with E-state index in [0.717, 1.165) is 42.6 Å². The lowest BCUT2D eigenvalue weighted by Crippen LogP contribution is -2.59. The second-order valence-corrected chi connectivity index (χ2v) is 9.91. The number of aromatic nitrogens is 1. The van der Waals surface area contributed by atoms with Crippen molar-refractivity contribution in [3.05, 3.63) is 59.8 Å². The molecule has 0 saturated carbocycles. The van der Waals surface area contributed by atoms with E-state index in [1.807, 2.05) is 12.1 Å². The number of pyridine rings is 1. The number of hydrogen-bond acceptors (Lipinski definition) is 7. The first-order chi connectivity index (χ1) is 15.9. The SMILES string of the molecule is COc1ccc(/C=C/S(=O)(=O)N2CCN(NC3CCN(c4ccncc4)CC3)C(=O)C2)cc1. The lowest BCUT2D eigenvalue weighted by molar-refractivity contribution is -0.138. The molecule has 4 rings (SSSR count). The van der Waals surface area contributed by atoms with E-state index in [1.165, 1.54) is 10.4 Å². The molecule has 2 saturated heterocycles. The molecule has 1 aromatic heterocycles. The van der Waals surface area contributed by atoms with Crippen LogP contribution in [0.25, 0.3) is 6.08 Å². The van der Waals surface area contributed by atoms with Crippen LogP contribution in [0.5, 0.6) is 5.75 Å². The minimum absolute atomic E-state index is 0.169. The molecule has 33 heavy (non-hydrogen) atoms. The summed E-state index contributed by atoms with van der Waals surface area (Å²) in [6, 6.07) is 11.3. The van der Waals surface area contributed by atoms with Gasteiger partial charge in [-0.2, -0.15) is 4.31 Å². The first-order valence-corrected chi connectivity index (χ1v) is 12.5. The number of benzene rings is 1. The normalized spacial score (nSPS) is 18.8. The van der Waals surface area contributed by atoms with Crippen molar-refractivity contribution in [2.45, 2.75) is 18.9 Å². The van der Waals surface area contributed by atoms with Crippen LogP contribution in [-0.4, -0.2) is 74.5 Å². The largest absolute Gasteiger partial charge is 0.497 e. The predicted octanol–water partition coefficient (Wildman–Crippen LogP) is 1.71. The Morgan fingerprint density at radius 2 is 1.73 bits per heavy atom. The maximum absolute atomic E-state index is 12.7. The number of rotatable bonds is 7. The third-order valence-electron chi connectivity index (χ3n) is 5.96. The summed E-state index contributed by atoms with van der Waals surface area (Å²) >= 11 is 0. The number of carbonyl (C=O) groups excluding carboxylic acids is 1. The number of sulfonamides is 1. The van der Waals surface area contributed by atoms with Crippen LogP contribution in [-0.2, 0) is 14.8 Å². The molecule has 0 bridgehead atoms. The third-order valence-corrected chi connectivity index (χ3v) is 7.47. The van der Waals surface area contributed by atoms with Gasteiger partial charge in [0.1, 0.15) is 5.75 Å². The van der Waals surface area contributed by atoms with Gasteiger partial charge in [-0.1, -0.05) is 12.1 Å². The van der Waals surface area contributed by atoms with E-state index in [2.05, 4.69) is 15.3 Å². The van der Waals surface area contributed by atoms with Crippen LogP contribution in [0, 0.1) is 0 Å². The maximum Gasteiger partial charge on any atom is 0.252 e. The summed E-state index contributed by atoms with van der Waals surface area (Å²) in [5.41, 5.74) is 5.21. The minimum Gasteiger partial charge on any atom is -0.497 e. The smallest absolute Gasteiger partial charge is 0.252 e. The van der Waals surface area contributed by atoms with Crippen molar-refractivity contribution in [1.29, 1.82) is 0 Å². The van der Waals surface area contributed by atoms with Crippen LogP contribution in [0.2, 0.25) is 0 Å². The predicted molar refractivity (Wildman–Crippen MR) is 127 cm³/mol. The highest BCUT2D eigenvalue weighted by atomic mass is 32.2. The quantitative estimate of drug-likeness (QED) is 0.657. The molecule has 2 fully saturated rings. The molecular weight excluding hydrogens is 442 g/mol. The lowest BCUT2D eigenvalue weighted by Gasteiger charge is -2.39. The molecule has 0 aliphatic carbocycles. The Bertz CT molecular complexity index is 1070. The average Bonchev–Trinajstić information content (AvgIpc) is 2.85. The van der Waals surface area contributed by atoms with Crippen molar-refractivity contribution in [3.8, 4) is 5.75 Å². The van der Waals surface area contributed by atoms with Gasteiger partial charge < -0.3 is 9.64 Å². The van der Waals surface area contributed by atoms with E-state index in [9.17, 15) is 13.2 Å². The molecule has 0 radical (unpaired) electrons. The minimum atomic E-state index is -3.69. The molecule has 2 aliphatic heterocycles. The Morgan fingerprint density at radius 1 is 1.03 bits per heavy atom. The van der Waals surface area contributed by atoms with Crippen LogP contribution in [0.1, 0.15) is 18.4 Å². The van der Waals surface area contributed by atoms with Gasteiger partial charge in [0.05, 0.1) is 20.2 Å². The zero-order valence-corrected chi connectivity index (χ0v) is 19.4. The molecule has 0 unspecified atom stereocenters. The molecule has 2 aliphatic rings. The third kappa shape index (κ3) is 5.89. The average molecular weight is 472 g/mol. The van der Waals surface area contributed by atoms with Gasteiger partial charge in [-0.25, -0.2) is 13.8 Å². The van der Waals surface area contributed by atoms with E-state index in [4.69, 9.17) is 4.74 Å². The number of piperazine rings is 1. The first-order valence-electron chi connectivity index (χ1n) is 11.0. The van der Waals surface area contributed by atoms with E-state index < -0.39 is 10.0 Å². The number of piperidine rings is 1. The van der Waals surface area contributed by atoms with Gasteiger partial charge >= 0.3 is 0 Å². The monoisotopic (exact) mass is 471 g/mol. The number of nitrogens with zero attached hydrogens (tertiary/aromatic N) is 4. The van der Waals surface area contributed by atoms with Gasteiger partial charge in [0.15, 0.2) is 0 Å². The molecular formula is C23H29N5O4S. The summed E-state index contributed by atoms with van der Waals surface area (Å²) in [5, 5.41) is 2.73. The molecule has 1 amide bonds. The number of anilines is 1. The molecule has 9 nitrogen and oxygen atoms in total. The zero-order chi connectivity index (χ0) is 23.3. The van der Waals surface area contributed by atoms with Crippen molar-refractivity contribution in [1.82, 2.24) is 19.7 Å². The van der Waals surface area contributed by atoms with Gasteiger partial charge in [-0.05, 0) is 48.7 Å². The molecule has 10 heteroatoms. The maximum atomic E-state index is 12.7. The number of methoxy groups -OCH3 is 1. The summed E-state index contributed by atoms with van der Waals surface area (Å²) in [7, 11) is -2.11. The Balaban J connectivity index is 1.27. The Hall–Kier alpha value is -2.95. The standard InChI is InChI=1S/C23H29N5O4S/c1-32-22-4-2-19(3-5-22)10-17-33(30,31)27-15-16-28(23(29)18-27)25-20-8-13-26(14-9-20)21-6-11-24-12-7-21/h2-7,10-12,17,20,25H,8-9,13-16,18H2,1H3/b17-10+. The first kappa shape index (κ1) is 23.2. The number of nitrogens with one attached hydrogen (secondary N) is 1. The molecule has 0 spiro atoms. The highest BCUT2D eigenvalue weighted by Crippen LogP contribution is 2.20. The van der Waals surface area contributed by atoms with Gasteiger partial charge in [0.25, 0.3) is 5.91 Å². The summed E-state index contributed by atoms with van der Waals surface area (Å²) in [6.07, 6.45) is 6.91. The number of amides is 1. The number of ether oxygens (including phenoxy) is 1. The Morgan fingerprint density at radius 3 is 2.36 bits per heavy atom. The van der Waals surface area contributed by atoms with Crippen molar-refractivity contribution in [2.75, 3.05) is 44.7 Å². The molecule has 176 valence electrons. The second kappa shape index (κ2) is 10.3.